The number of benzene rings is 2. The lowest BCUT2D eigenvalue weighted by molar-refractivity contribution is -0.109. The average Bonchev–Trinajstić information content (AvgIpc) is 2.74. The van der Waals surface area contributed by atoms with E-state index in [4.69, 9.17) is 5.11 Å². The summed E-state index contributed by atoms with van der Waals surface area (Å²) < 4.78 is 0. The summed E-state index contributed by atoms with van der Waals surface area (Å²) in [7, 11) is 1.08. The van der Waals surface area contributed by atoms with Crippen LogP contribution >= 0.6 is 8.58 Å². The van der Waals surface area contributed by atoms with Crippen LogP contribution in [0.25, 0.3) is 0 Å². The molecule has 2 aromatic carbocycles. The highest BCUT2D eigenvalue weighted by molar-refractivity contribution is 7.35. The highest BCUT2D eigenvalue weighted by Crippen LogP contribution is 2.31. The van der Waals surface area contributed by atoms with Gasteiger partial charge < -0.3 is 9.90 Å². The Balaban J connectivity index is 0.000000170. The number of hydrogen-bond acceptors (Lipinski definition) is 2. The first-order valence-corrected chi connectivity index (χ1v) is 12.0. The van der Waals surface area contributed by atoms with E-state index < -0.39 is 0 Å². The summed E-state index contributed by atoms with van der Waals surface area (Å²) >= 11 is 0. The standard InChI is InChI=1S/C11H14O.C11H12O.C2H7P/c2*12-8-10-6-3-5-9-4-1-2-7-11(9)10;1-3-2/h1-2,4,7,10,12H,3,5-6,8H2;1-2,4,7-8,10H,3,5-6H2;3H,1-2H3. The molecule has 146 valence electrons. The van der Waals surface area contributed by atoms with Crippen molar-refractivity contribution in [2.75, 3.05) is 19.9 Å². The lowest BCUT2D eigenvalue weighted by Crippen LogP contribution is -2.12. The first kappa shape index (κ1) is 21.8. The number of carbonyl (C=O) groups excluding carboxylic acids is 1. The largest absolute Gasteiger partial charge is 0.396 e. The summed E-state index contributed by atoms with van der Waals surface area (Å²) in [6.07, 6.45) is 7.96. The Bertz CT molecular complexity index is 698. The molecule has 0 amide bonds. The molecule has 2 aliphatic carbocycles. The van der Waals surface area contributed by atoms with E-state index in [2.05, 4.69) is 49.7 Å². The van der Waals surface area contributed by atoms with Crippen LogP contribution in [0.1, 0.15) is 59.8 Å². The number of aldehydes is 1. The second-order valence-electron chi connectivity index (χ2n) is 7.30. The quantitative estimate of drug-likeness (QED) is 0.561. The smallest absolute Gasteiger partial charge is 0.127 e. The van der Waals surface area contributed by atoms with Gasteiger partial charge in [-0.25, -0.2) is 0 Å². The van der Waals surface area contributed by atoms with Crippen LogP contribution < -0.4 is 0 Å². The molecule has 1 N–H and O–H groups in total. The van der Waals surface area contributed by atoms with E-state index in [1.165, 1.54) is 35.1 Å². The molecule has 2 unspecified atom stereocenters. The van der Waals surface area contributed by atoms with Crippen LogP contribution in [-0.2, 0) is 17.6 Å². The van der Waals surface area contributed by atoms with Crippen LogP contribution in [-0.4, -0.2) is 31.3 Å². The lowest BCUT2D eigenvalue weighted by Gasteiger charge is -2.23. The Morgan fingerprint density at radius 1 is 0.926 bits per heavy atom. The first-order chi connectivity index (χ1) is 13.2. The fourth-order valence-electron chi connectivity index (χ4n) is 3.98. The molecule has 2 aliphatic rings. The first-order valence-electron chi connectivity index (χ1n) is 10.0. The van der Waals surface area contributed by atoms with Crippen molar-refractivity contribution in [3.8, 4) is 0 Å². The molecule has 0 spiro atoms. The predicted octanol–water partition coefficient (Wildman–Crippen LogP) is 5.33. The van der Waals surface area contributed by atoms with Gasteiger partial charge in [-0.05, 0) is 74.1 Å². The van der Waals surface area contributed by atoms with Crippen LogP contribution in [0.15, 0.2) is 48.5 Å². The molecule has 0 saturated carbocycles. The fourth-order valence-corrected chi connectivity index (χ4v) is 3.98. The summed E-state index contributed by atoms with van der Waals surface area (Å²) in [5, 5.41) is 9.14. The Hall–Kier alpha value is -1.50. The number of hydrogen-bond donors (Lipinski definition) is 1. The Kier molecular flexibility index (Phi) is 9.73. The van der Waals surface area contributed by atoms with Gasteiger partial charge in [-0.1, -0.05) is 48.5 Å². The van der Waals surface area contributed by atoms with Crippen molar-refractivity contribution in [2.24, 2.45) is 0 Å². The molecule has 27 heavy (non-hydrogen) atoms. The van der Waals surface area contributed by atoms with Gasteiger partial charge in [-0.3, -0.25) is 0 Å². The molecule has 2 nitrogen and oxygen atoms in total. The highest BCUT2D eigenvalue weighted by atomic mass is 31.1. The molecule has 2 aromatic rings. The minimum absolute atomic E-state index is 0.162. The number of rotatable bonds is 2. The zero-order valence-corrected chi connectivity index (χ0v) is 17.7. The minimum atomic E-state index is 0.162. The van der Waals surface area contributed by atoms with E-state index in [0.717, 1.165) is 40.6 Å². The van der Waals surface area contributed by atoms with Crippen LogP contribution in [0.2, 0.25) is 0 Å². The van der Waals surface area contributed by atoms with Gasteiger partial charge in [0, 0.05) is 18.4 Å². The monoisotopic (exact) mass is 384 g/mol. The predicted molar refractivity (Wildman–Crippen MR) is 118 cm³/mol. The maximum Gasteiger partial charge on any atom is 0.127 e. The molecular weight excluding hydrogens is 351 g/mol. The Morgan fingerprint density at radius 3 is 2.04 bits per heavy atom. The van der Waals surface area contributed by atoms with Gasteiger partial charge in [-0.2, -0.15) is 0 Å². The minimum Gasteiger partial charge on any atom is -0.396 e. The van der Waals surface area contributed by atoms with E-state index >= 15 is 0 Å². The molecular formula is C24H33O2P. The van der Waals surface area contributed by atoms with Crippen molar-refractivity contribution in [2.45, 2.75) is 50.4 Å². The van der Waals surface area contributed by atoms with Gasteiger partial charge in [0.15, 0.2) is 0 Å². The second kappa shape index (κ2) is 12.1. The number of aliphatic hydroxyl groups excluding tert-OH is 1. The Labute approximate surface area is 166 Å². The SMILES string of the molecule is CPC.O=CC1CCCc2ccccc21.OCC1CCCc2ccccc21. The Morgan fingerprint density at radius 2 is 1.44 bits per heavy atom. The van der Waals surface area contributed by atoms with Gasteiger partial charge in [0.05, 0.1) is 0 Å². The van der Waals surface area contributed by atoms with Gasteiger partial charge >= 0.3 is 0 Å². The van der Waals surface area contributed by atoms with Crippen molar-refractivity contribution >= 4 is 14.9 Å². The van der Waals surface area contributed by atoms with Crippen LogP contribution in [0, 0.1) is 0 Å². The molecule has 3 heteroatoms. The summed E-state index contributed by atoms with van der Waals surface area (Å²) in [5.74, 6) is 0.560. The van der Waals surface area contributed by atoms with Crippen molar-refractivity contribution in [3.63, 3.8) is 0 Å². The molecule has 0 radical (unpaired) electrons. The normalized spacial score (nSPS) is 20.0. The third kappa shape index (κ3) is 6.26. The van der Waals surface area contributed by atoms with Crippen LogP contribution in [0.5, 0.6) is 0 Å². The number of aliphatic hydroxyl groups is 1. The van der Waals surface area contributed by atoms with Gasteiger partial charge in [0.2, 0.25) is 0 Å². The van der Waals surface area contributed by atoms with E-state index in [-0.39, 0.29) is 5.92 Å². The molecule has 2 atom stereocenters. The fraction of sp³-hybridized carbons (Fsp3) is 0.458. The van der Waals surface area contributed by atoms with Crippen molar-refractivity contribution in [1.29, 1.82) is 0 Å². The molecule has 4 rings (SSSR count). The molecule has 0 aliphatic heterocycles. The summed E-state index contributed by atoms with van der Waals surface area (Å²) in [6.45, 7) is 4.61. The third-order valence-corrected chi connectivity index (χ3v) is 5.29. The molecule has 0 bridgehead atoms. The zero-order chi connectivity index (χ0) is 19.5. The third-order valence-electron chi connectivity index (χ3n) is 5.29. The summed E-state index contributed by atoms with van der Waals surface area (Å²) in [6, 6.07) is 16.7. The second-order valence-corrected chi connectivity index (χ2v) is 8.30. The van der Waals surface area contributed by atoms with Crippen LogP contribution in [0.4, 0.5) is 0 Å². The van der Waals surface area contributed by atoms with E-state index in [1.807, 2.05) is 12.1 Å². The van der Waals surface area contributed by atoms with Gasteiger partial charge in [0.1, 0.15) is 6.29 Å². The van der Waals surface area contributed by atoms with E-state index in [9.17, 15) is 4.79 Å². The van der Waals surface area contributed by atoms with Crippen molar-refractivity contribution in [1.82, 2.24) is 0 Å². The van der Waals surface area contributed by atoms with Crippen LogP contribution in [0.3, 0.4) is 0 Å². The van der Waals surface area contributed by atoms with Crippen molar-refractivity contribution < 1.29 is 9.90 Å². The topological polar surface area (TPSA) is 37.3 Å². The number of carbonyl (C=O) groups is 1. The highest BCUT2D eigenvalue weighted by Gasteiger charge is 2.18. The zero-order valence-electron chi connectivity index (χ0n) is 16.7. The van der Waals surface area contributed by atoms with E-state index in [1.54, 1.807) is 0 Å². The summed E-state index contributed by atoms with van der Waals surface area (Å²) in [4.78, 5) is 10.7. The van der Waals surface area contributed by atoms with Crippen molar-refractivity contribution in [3.05, 3.63) is 70.8 Å². The van der Waals surface area contributed by atoms with E-state index in [0.29, 0.717) is 12.5 Å². The number of aryl methyl sites for hydroxylation is 2. The number of fused-ring (bicyclic) bond motifs is 2. The lowest BCUT2D eigenvalue weighted by atomic mass is 9.83. The summed E-state index contributed by atoms with van der Waals surface area (Å²) in [5.41, 5.74) is 5.41. The maximum absolute atomic E-state index is 10.7. The molecule has 0 saturated heterocycles. The maximum atomic E-state index is 10.7. The van der Waals surface area contributed by atoms with Gasteiger partial charge in [0.25, 0.3) is 0 Å². The molecule has 0 heterocycles. The van der Waals surface area contributed by atoms with Gasteiger partial charge in [-0.15, -0.1) is 8.58 Å². The molecule has 0 aromatic heterocycles. The average molecular weight is 385 g/mol. The molecule has 0 fully saturated rings.